The summed E-state index contributed by atoms with van der Waals surface area (Å²) in [6, 6.07) is 3.32. The summed E-state index contributed by atoms with van der Waals surface area (Å²) in [7, 11) is 1.68. The Kier molecular flexibility index (Phi) is 3.58. The second-order valence-electron chi connectivity index (χ2n) is 4.16. The van der Waals surface area contributed by atoms with Crippen LogP contribution >= 0.6 is 0 Å². The van der Waals surface area contributed by atoms with Gasteiger partial charge in [-0.25, -0.2) is 9.78 Å². The molecule has 1 fully saturated rings. The quantitative estimate of drug-likeness (QED) is 0.833. The minimum absolute atomic E-state index is 0.138. The molecule has 2 atom stereocenters. The lowest BCUT2D eigenvalue weighted by atomic mass is 10.2. The number of carboxylic acids is 1. The van der Waals surface area contributed by atoms with Crippen molar-refractivity contribution < 1.29 is 14.6 Å². The largest absolute Gasteiger partial charge is 0.478 e. The van der Waals surface area contributed by atoms with Crippen molar-refractivity contribution in [2.45, 2.75) is 31.4 Å². The molecule has 1 aromatic rings. The van der Waals surface area contributed by atoms with Crippen molar-refractivity contribution in [3.05, 3.63) is 23.9 Å². The summed E-state index contributed by atoms with van der Waals surface area (Å²) >= 11 is 0. The SMILES string of the molecule is COC1CCCC1Nc1ncccc1C(=O)O. The first-order valence-electron chi connectivity index (χ1n) is 5.70. The van der Waals surface area contributed by atoms with Gasteiger partial charge in [-0.2, -0.15) is 0 Å². The zero-order valence-electron chi connectivity index (χ0n) is 9.72. The Morgan fingerprint density at radius 1 is 1.59 bits per heavy atom. The number of nitrogens with one attached hydrogen (secondary N) is 1. The molecule has 1 aliphatic rings. The predicted molar refractivity (Wildman–Crippen MR) is 63.3 cm³/mol. The zero-order valence-corrected chi connectivity index (χ0v) is 9.72. The van der Waals surface area contributed by atoms with Crippen molar-refractivity contribution in [2.24, 2.45) is 0 Å². The number of carbonyl (C=O) groups is 1. The summed E-state index contributed by atoms with van der Waals surface area (Å²) in [6.07, 6.45) is 4.80. The number of hydrogen-bond acceptors (Lipinski definition) is 4. The van der Waals surface area contributed by atoms with E-state index in [1.165, 1.54) is 0 Å². The van der Waals surface area contributed by atoms with Crippen LogP contribution in [0.2, 0.25) is 0 Å². The first kappa shape index (κ1) is 11.9. The number of pyridine rings is 1. The van der Waals surface area contributed by atoms with Gasteiger partial charge in [0, 0.05) is 13.3 Å². The van der Waals surface area contributed by atoms with Crippen LogP contribution in [0.5, 0.6) is 0 Å². The summed E-state index contributed by atoms with van der Waals surface area (Å²) in [5, 5.41) is 12.2. The fourth-order valence-electron chi connectivity index (χ4n) is 2.24. The van der Waals surface area contributed by atoms with Crippen LogP contribution in [-0.2, 0) is 4.74 Å². The lowest BCUT2D eigenvalue weighted by molar-refractivity contribution is 0.0696. The van der Waals surface area contributed by atoms with Gasteiger partial charge in [0.25, 0.3) is 0 Å². The molecule has 1 aliphatic carbocycles. The van der Waals surface area contributed by atoms with Gasteiger partial charge in [-0.3, -0.25) is 0 Å². The van der Waals surface area contributed by atoms with Crippen LogP contribution in [0.15, 0.2) is 18.3 Å². The van der Waals surface area contributed by atoms with Gasteiger partial charge < -0.3 is 15.2 Å². The highest BCUT2D eigenvalue weighted by molar-refractivity contribution is 5.93. The van der Waals surface area contributed by atoms with E-state index in [1.807, 2.05) is 0 Å². The third-order valence-electron chi connectivity index (χ3n) is 3.12. The number of methoxy groups -OCH3 is 1. The van der Waals surface area contributed by atoms with Crippen LogP contribution in [0.1, 0.15) is 29.6 Å². The Morgan fingerprint density at radius 3 is 3.12 bits per heavy atom. The Labute approximate surface area is 99.8 Å². The van der Waals surface area contributed by atoms with Crippen molar-refractivity contribution >= 4 is 11.8 Å². The number of aromatic nitrogens is 1. The molecule has 0 bridgehead atoms. The Morgan fingerprint density at radius 2 is 2.41 bits per heavy atom. The summed E-state index contributed by atoms with van der Waals surface area (Å²) in [4.78, 5) is 15.1. The lowest BCUT2D eigenvalue weighted by Gasteiger charge is -2.20. The molecule has 2 rings (SSSR count). The van der Waals surface area contributed by atoms with E-state index in [-0.39, 0.29) is 17.7 Å². The second-order valence-corrected chi connectivity index (χ2v) is 4.16. The minimum Gasteiger partial charge on any atom is -0.478 e. The maximum Gasteiger partial charge on any atom is 0.339 e. The van der Waals surface area contributed by atoms with Crippen LogP contribution in [0, 0.1) is 0 Å². The molecule has 0 aliphatic heterocycles. The third kappa shape index (κ3) is 2.55. The molecule has 2 N–H and O–H groups in total. The fourth-order valence-corrected chi connectivity index (χ4v) is 2.24. The van der Waals surface area contributed by atoms with E-state index in [0.29, 0.717) is 5.82 Å². The summed E-state index contributed by atoms with van der Waals surface area (Å²) in [5.74, 6) is -0.540. The Bertz CT molecular complexity index is 408. The maximum absolute atomic E-state index is 11.0. The van der Waals surface area contributed by atoms with Crippen LogP contribution < -0.4 is 5.32 Å². The summed E-state index contributed by atoms with van der Waals surface area (Å²) < 4.78 is 5.36. The van der Waals surface area contributed by atoms with Crippen molar-refractivity contribution in [1.29, 1.82) is 0 Å². The highest BCUT2D eigenvalue weighted by Gasteiger charge is 2.28. The van der Waals surface area contributed by atoms with Gasteiger partial charge in [0.1, 0.15) is 11.4 Å². The van der Waals surface area contributed by atoms with Gasteiger partial charge >= 0.3 is 5.97 Å². The van der Waals surface area contributed by atoms with Gasteiger partial charge in [-0.05, 0) is 31.4 Å². The summed E-state index contributed by atoms with van der Waals surface area (Å²) in [6.45, 7) is 0. The molecule has 0 amide bonds. The standard InChI is InChI=1S/C12H16N2O3/c1-17-10-6-2-5-9(10)14-11-8(12(15)16)4-3-7-13-11/h3-4,7,9-10H,2,5-6H2,1H3,(H,13,14)(H,15,16). The van der Waals surface area contributed by atoms with Crippen molar-refractivity contribution in [3.8, 4) is 0 Å². The fraction of sp³-hybridized carbons (Fsp3) is 0.500. The first-order valence-corrected chi connectivity index (χ1v) is 5.70. The average molecular weight is 236 g/mol. The van der Waals surface area contributed by atoms with Gasteiger partial charge in [-0.15, -0.1) is 0 Å². The molecule has 0 aromatic carbocycles. The lowest BCUT2D eigenvalue weighted by Crippen LogP contribution is -2.30. The van der Waals surface area contributed by atoms with E-state index >= 15 is 0 Å². The maximum atomic E-state index is 11.0. The molecule has 17 heavy (non-hydrogen) atoms. The van der Waals surface area contributed by atoms with Crippen molar-refractivity contribution in [2.75, 3.05) is 12.4 Å². The zero-order chi connectivity index (χ0) is 12.3. The van der Waals surface area contributed by atoms with Crippen molar-refractivity contribution in [3.63, 3.8) is 0 Å². The molecule has 5 nitrogen and oxygen atoms in total. The van der Waals surface area contributed by atoms with Crippen LogP contribution in [0.3, 0.4) is 0 Å². The molecular weight excluding hydrogens is 220 g/mol. The van der Waals surface area contributed by atoms with Crippen LogP contribution in [-0.4, -0.2) is 35.3 Å². The van der Waals surface area contributed by atoms with E-state index in [9.17, 15) is 4.79 Å². The van der Waals surface area contributed by atoms with Crippen molar-refractivity contribution in [1.82, 2.24) is 4.98 Å². The van der Waals surface area contributed by atoms with Gasteiger partial charge in [0.05, 0.1) is 12.1 Å². The number of aromatic carboxylic acids is 1. The molecule has 0 saturated heterocycles. The number of anilines is 1. The van der Waals surface area contributed by atoms with Crippen LogP contribution in [0.4, 0.5) is 5.82 Å². The van der Waals surface area contributed by atoms with E-state index in [4.69, 9.17) is 9.84 Å². The number of ether oxygens (including phenoxy) is 1. The number of hydrogen-bond donors (Lipinski definition) is 2. The minimum atomic E-state index is -0.965. The molecule has 2 unspecified atom stereocenters. The Balaban J connectivity index is 2.15. The van der Waals surface area contributed by atoms with E-state index < -0.39 is 5.97 Å². The molecule has 0 spiro atoms. The second kappa shape index (κ2) is 5.14. The molecule has 1 heterocycles. The monoisotopic (exact) mass is 236 g/mol. The highest BCUT2D eigenvalue weighted by atomic mass is 16.5. The molecular formula is C12H16N2O3. The predicted octanol–water partition coefficient (Wildman–Crippen LogP) is 1.76. The number of rotatable bonds is 4. The molecule has 5 heteroatoms. The van der Waals surface area contributed by atoms with Gasteiger partial charge in [0.2, 0.25) is 0 Å². The van der Waals surface area contributed by atoms with Gasteiger partial charge in [-0.1, -0.05) is 0 Å². The van der Waals surface area contributed by atoms with Gasteiger partial charge in [0.15, 0.2) is 0 Å². The third-order valence-corrected chi connectivity index (χ3v) is 3.12. The summed E-state index contributed by atoms with van der Waals surface area (Å²) in [5.41, 5.74) is 0.203. The average Bonchev–Trinajstić information content (AvgIpc) is 2.77. The van der Waals surface area contributed by atoms with E-state index in [2.05, 4.69) is 10.3 Å². The normalized spacial score (nSPS) is 23.6. The first-order chi connectivity index (χ1) is 8.22. The van der Waals surface area contributed by atoms with Crippen LogP contribution in [0.25, 0.3) is 0 Å². The molecule has 1 saturated carbocycles. The topological polar surface area (TPSA) is 71.5 Å². The smallest absolute Gasteiger partial charge is 0.339 e. The van der Waals surface area contributed by atoms with E-state index in [0.717, 1.165) is 19.3 Å². The number of carboxylic acid groups (broad SMARTS) is 1. The Hall–Kier alpha value is -1.62. The van der Waals surface area contributed by atoms with E-state index in [1.54, 1.807) is 25.4 Å². The molecule has 0 radical (unpaired) electrons. The molecule has 1 aromatic heterocycles. The highest BCUT2D eigenvalue weighted by Crippen LogP contribution is 2.25. The number of nitrogens with zero attached hydrogens (tertiary/aromatic N) is 1. The molecule has 92 valence electrons.